The van der Waals surface area contributed by atoms with Crippen LogP contribution in [0, 0.1) is 5.82 Å². The van der Waals surface area contributed by atoms with Crippen molar-refractivity contribution < 1.29 is 18.7 Å². The van der Waals surface area contributed by atoms with Crippen molar-refractivity contribution in [1.29, 1.82) is 0 Å². The summed E-state index contributed by atoms with van der Waals surface area (Å²) in [6.45, 7) is 2.69. The third kappa shape index (κ3) is 3.55. The molecule has 2 aliphatic rings. The van der Waals surface area contributed by atoms with Gasteiger partial charge in [-0.15, -0.1) is 0 Å². The van der Waals surface area contributed by atoms with Gasteiger partial charge in [-0.2, -0.15) is 0 Å². The second-order valence-corrected chi connectivity index (χ2v) is 7.04. The number of hydrogen-bond acceptors (Lipinski definition) is 6. The van der Waals surface area contributed by atoms with E-state index in [1.165, 1.54) is 24.3 Å². The standard InChI is InChI=1S/C23H18FN3O3/c24-18-7-5-15(6-8-18)22-26-20(23(28)30-22)14-17-13-16-3-1-2-4-19(16)25-21(17)27-9-11-29-12-10-27/h1-8,13-14H,9-12H2/b20-14+. The van der Waals surface area contributed by atoms with Crippen LogP contribution in [0.1, 0.15) is 11.1 Å². The van der Waals surface area contributed by atoms with E-state index in [-0.39, 0.29) is 17.4 Å². The molecule has 0 unspecified atom stereocenters. The van der Waals surface area contributed by atoms with Crippen LogP contribution in [0.15, 0.2) is 65.3 Å². The largest absolute Gasteiger partial charge is 0.402 e. The number of fused-ring (bicyclic) bond motifs is 1. The maximum Gasteiger partial charge on any atom is 0.363 e. The number of para-hydroxylation sites is 1. The number of cyclic esters (lactones) is 1. The average Bonchev–Trinajstić information content (AvgIpc) is 3.14. The number of carbonyl (C=O) groups is 1. The van der Waals surface area contributed by atoms with Gasteiger partial charge in [-0.1, -0.05) is 18.2 Å². The van der Waals surface area contributed by atoms with E-state index in [4.69, 9.17) is 14.5 Å². The Bertz CT molecular complexity index is 1180. The van der Waals surface area contributed by atoms with Gasteiger partial charge < -0.3 is 14.4 Å². The monoisotopic (exact) mass is 403 g/mol. The SMILES string of the molecule is O=C1OC(c2ccc(F)cc2)=N/C1=C/c1cc2ccccc2nc1N1CCOCC1. The lowest BCUT2D eigenvalue weighted by molar-refractivity contribution is -0.129. The Morgan fingerprint density at radius 1 is 1.03 bits per heavy atom. The van der Waals surface area contributed by atoms with E-state index in [0.717, 1.165) is 35.4 Å². The highest BCUT2D eigenvalue weighted by atomic mass is 19.1. The van der Waals surface area contributed by atoms with Crippen LogP contribution < -0.4 is 4.90 Å². The highest BCUT2D eigenvalue weighted by Crippen LogP contribution is 2.28. The number of rotatable bonds is 3. The summed E-state index contributed by atoms with van der Waals surface area (Å²) in [7, 11) is 0. The Labute approximate surface area is 172 Å². The zero-order chi connectivity index (χ0) is 20.5. The Kier molecular flexibility index (Phi) is 4.72. The van der Waals surface area contributed by atoms with E-state index >= 15 is 0 Å². The average molecular weight is 403 g/mol. The minimum Gasteiger partial charge on any atom is -0.402 e. The molecule has 2 aliphatic heterocycles. The topological polar surface area (TPSA) is 64.0 Å². The van der Waals surface area contributed by atoms with Gasteiger partial charge in [-0.25, -0.2) is 19.2 Å². The lowest BCUT2D eigenvalue weighted by Gasteiger charge is -2.29. The van der Waals surface area contributed by atoms with Crippen LogP contribution in [-0.4, -0.2) is 43.2 Å². The number of carbonyl (C=O) groups excluding carboxylic acids is 1. The molecule has 2 aromatic carbocycles. The third-order valence-corrected chi connectivity index (χ3v) is 5.05. The van der Waals surface area contributed by atoms with Gasteiger partial charge in [0.2, 0.25) is 5.90 Å². The number of pyridine rings is 1. The number of anilines is 1. The summed E-state index contributed by atoms with van der Waals surface area (Å²) in [6.07, 6.45) is 1.70. The first-order valence-corrected chi connectivity index (χ1v) is 9.68. The summed E-state index contributed by atoms with van der Waals surface area (Å²) < 4.78 is 24.0. The normalized spacial score (nSPS) is 18.0. The van der Waals surface area contributed by atoms with Crippen LogP contribution >= 0.6 is 0 Å². The molecule has 3 heterocycles. The van der Waals surface area contributed by atoms with Gasteiger partial charge in [0, 0.05) is 29.6 Å². The van der Waals surface area contributed by atoms with Crippen LogP contribution in [-0.2, 0) is 14.3 Å². The minimum absolute atomic E-state index is 0.160. The molecule has 1 saturated heterocycles. The molecule has 0 aliphatic carbocycles. The fourth-order valence-corrected chi connectivity index (χ4v) is 3.53. The highest BCUT2D eigenvalue weighted by molar-refractivity contribution is 6.13. The molecule has 150 valence electrons. The molecule has 0 N–H and O–H groups in total. The van der Waals surface area contributed by atoms with Crippen molar-refractivity contribution in [2.75, 3.05) is 31.2 Å². The van der Waals surface area contributed by atoms with Gasteiger partial charge >= 0.3 is 5.97 Å². The first-order chi connectivity index (χ1) is 14.7. The molecular weight excluding hydrogens is 385 g/mol. The van der Waals surface area contributed by atoms with Gasteiger partial charge in [0.15, 0.2) is 5.70 Å². The molecule has 0 saturated carbocycles. The summed E-state index contributed by atoms with van der Waals surface area (Å²) in [4.78, 5) is 23.8. The van der Waals surface area contributed by atoms with E-state index in [1.54, 1.807) is 6.08 Å². The van der Waals surface area contributed by atoms with Gasteiger partial charge in [0.05, 0.1) is 18.7 Å². The van der Waals surface area contributed by atoms with Crippen molar-refractivity contribution in [3.8, 4) is 0 Å². The van der Waals surface area contributed by atoms with Gasteiger partial charge in [-0.3, -0.25) is 0 Å². The predicted molar refractivity (Wildman–Crippen MR) is 112 cm³/mol. The van der Waals surface area contributed by atoms with Crippen molar-refractivity contribution in [2.24, 2.45) is 4.99 Å². The Morgan fingerprint density at radius 2 is 1.80 bits per heavy atom. The summed E-state index contributed by atoms with van der Waals surface area (Å²) in [6, 6.07) is 15.5. The summed E-state index contributed by atoms with van der Waals surface area (Å²) in [5.74, 6) is 0.0305. The Morgan fingerprint density at radius 3 is 2.60 bits per heavy atom. The molecule has 5 rings (SSSR count). The number of nitrogens with zero attached hydrogens (tertiary/aromatic N) is 3. The first-order valence-electron chi connectivity index (χ1n) is 9.68. The zero-order valence-electron chi connectivity index (χ0n) is 16.0. The van der Waals surface area contributed by atoms with Crippen molar-refractivity contribution in [3.63, 3.8) is 0 Å². The fraction of sp³-hybridized carbons (Fsp3) is 0.174. The quantitative estimate of drug-likeness (QED) is 0.494. The van der Waals surface area contributed by atoms with E-state index in [1.807, 2.05) is 30.3 Å². The maximum atomic E-state index is 13.2. The van der Waals surface area contributed by atoms with Gasteiger partial charge in [0.25, 0.3) is 0 Å². The number of morpholine rings is 1. The smallest absolute Gasteiger partial charge is 0.363 e. The summed E-state index contributed by atoms with van der Waals surface area (Å²) in [5.41, 5.74) is 2.39. The Hall–Kier alpha value is -3.58. The maximum absolute atomic E-state index is 13.2. The molecule has 1 fully saturated rings. The number of aromatic nitrogens is 1. The van der Waals surface area contributed by atoms with Gasteiger partial charge in [-0.05, 0) is 42.5 Å². The number of esters is 1. The molecule has 7 heteroatoms. The molecular formula is C23H18FN3O3. The number of halogens is 1. The summed E-state index contributed by atoms with van der Waals surface area (Å²) >= 11 is 0. The van der Waals surface area contributed by atoms with Crippen molar-refractivity contribution in [1.82, 2.24) is 4.98 Å². The Balaban J connectivity index is 1.58. The minimum atomic E-state index is -0.546. The van der Waals surface area contributed by atoms with Crippen LogP contribution in [0.2, 0.25) is 0 Å². The van der Waals surface area contributed by atoms with Crippen LogP contribution in [0.5, 0.6) is 0 Å². The van der Waals surface area contributed by atoms with E-state index in [2.05, 4.69) is 9.89 Å². The first kappa shape index (κ1) is 18.4. The van der Waals surface area contributed by atoms with E-state index < -0.39 is 5.97 Å². The molecule has 6 nitrogen and oxygen atoms in total. The molecule has 1 aromatic heterocycles. The van der Waals surface area contributed by atoms with Crippen molar-refractivity contribution in [2.45, 2.75) is 0 Å². The number of benzene rings is 2. The number of hydrogen-bond donors (Lipinski definition) is 0. The lowest BCUT2D eigenvalue weighted by atomic mass is 10.1. The van der Waals surface area contributed by atoms with Crippen LogP contribution in [0.4, 0.5) is 10.2 Å². The second kappa shape index (κ2) is 7.68. The molecule has 0 bridgehead atoms. The molecule has 3 aromatic rings. The van der Waals surface area contributed by atoms with E-state index in [9.17, 15) is 9.18 Å². The number of aliphatic imine (C=N–C) groups is 1. The van der Waals surface area contributed by atoms with E-state index in [0.29, 0.717) is 18.8 Å². The molecule has 0 amide bonds. The van der Waals surface area contributed by atoms with Crippen LogP contribution in [0.25, 0.3) is 17.0 Å². The molecule has 30 heavy (non-hydrogen) atoms. The molecule has 0 spiro atoms. The summed E-state index contributed by atoms with van der Waals surface area (Å²) in [5, 5.41) is 0.968. The molecule has 0 radical (unpaired) electrons. The predicted octanol–water partition coefficient (Wildman–Crippen LogP) is 3.56. The zero-order valence-corrected chi connectivity index (χ0v) is 16.0. The second-order valence-electron chi connectivity index (χ2n) is 7.04. The lowest BCUT2D eigenvalue weighted by Crippen LogP contribution is -2.37. The highest BCUT2D eigenvalue weighted by Gasteiger charge is 2.25. The van der Waals surface area contributed by atoms with Crippen molar-refractivity contribution >= 4 is 34.7 Å². The number of ether oxygens (including phenoxy) is 2. The third-order valence-electron chi connectivity index (χ3n) is 5.05. The van der Waals surface area contributed by atoms with Gasteiger partial charge in [0.1, 0.15) is 11.6 Å². The molecule has 0 atom stereocenters. The fourth-order valence-electron chi connectivity index (χ4n) is 3.53. The van der Waals surface area contributed by atoms with Crippen LogP contribution in [0.3, 0.4) is 0 Å². The van der Waals surface area contributed by atoms with Crippen molar-refractivity contribution in [3.05, 3.63) is 77.2 Å².